The molecule has 0 fully saturated rings. The molecule has 1 aromatic heterocycles. The summed E-state index contributed by atoms with van der Waals surface area (Å²) in [5.41, 5.74) is 2.47. The Bertz CT molecular complexity index is 351. The number of hydrazine groups is 1. The van der Waals surface area contributed by atoms with E-state index in [-0.39, 0.29) is 0 Å². The van der Waals surface area contributed by atoms with Crippen LogP contribution in [-0.2, 0) is 11.3 Å². The van der Waals surface area contributed by atoms with Crippen LogP contribution in [0.4, 0.5) is 0 Å². The number of ether oxygens (including phenoxy) is 1. The number of aromatic nitrogens is 2. The summed E-state index contributed by atoms with van der Waals surface area (Å²) < 4.78 is 9.75. The van der Waals surface area contributed by atoms with Gasteiger partial charge >= 0.3 is 0 Å². The molecule has 1 heterocycles. The van der Waals surface area contributed by atoms with E-state index in [0.717, 1.165) is 13.0 Å². The number of methoxy groups -OCH3 is 1. The van der Waals surface area contributed by atoms with Gasteiger partial charge in [0.2, 0.25) is 11.9 Å². The van der Waals surface area contributed by atoms with E-state index in [2.05, 4.69) is 25.9 Å². The summed E-state index contributed by atoms with van der Waals surface area (Å²) in [6, 6.07) is 0. The molecule has 0 bridgehead atoms. The Labute approximate surface area is 99.6 Å². The molecule has 4 N–H and O–H groups in total. The van der Waals surface area contributed by atoms with Crippen LogP contribution in [0.5, 0.6) is 0 Å². The molecule has 0 saturated carbocycles. The molecule has 8 heteroatoms. The summed E-state index contributed by atoms with van der Waals surface area (Å²) in [4.78, 5) is 8.19. The third-order valence-electron chi connectivity index (χ3n) is 1.90. The molecule has 0 aliphatic rings. The highest BCUT2D eigenvalue weighted by Gasteiger charge is 2.01. The fraction of sp³-hybridized carbons (Fsp3) is 0.667. The SMILES string of the molecule is COCCCNC(=NCc1noc(C)n1)NN. The summed E-state index contributed by atoms with van der Waals surface area (Å²) in [6.07, 6.45) is 0.874. The van der Waals surface area contributed by atoms with Crippen LogP contribution in [0, 0.1) is 6.92 Å². The number of nitrogens with two attached hydrogens (primary N) is 1. The second kappa shape index (κ2) is 7.58. The third-order valence-corrected chi connectivity index (χ3v) is 1.90. The van der Waals surface area contributed by atoms with E-state index in [4.69, 9.17) is 15.1 Å². The largest absolute Gasteiger partial charge is 0.385 e. The summed E-state index contributed by atoms with van der Waals surface area (Å²) in [5.74, 6) is 6.85. The van der Waals surface area contributed by atoms with Gasteiger partial charge < -0.3 is 14.6 Å². The zero-order chi connectivity index (χ0) is 12.5. The van der Waals surface area contributed by atoms with Crippen LogP contribution in [0.3, 0.4) is 0 Å². The van der Waals surface area contributed by atoms with Gasteiger partial charge in [-0.1, -0.05) is 5.16 Å². The first-order valence-corrected chi connectivity index (χ1v) is 5.29. The van der Waals surface area contributed by atoms with Gasteiger partial charge in [0, 0.05) is 27.2 Å². The van der Waals surface area contributed by atoms with Crippen LogP contribution in [0.15, 0.2) is 9.52 Å². The lowest BCUT2D eigenvalue weighted by Crippen LogP contribution is -2.42. The van der Waals surface area contributed by atoms with E-state index >= 15 is 0 Å². The average molecular weight is 242 g/mol. The molecule has 0 radical (unpaired) electrons. The van der Waals surface area contributed by atoms with Gasteiger partial charge in [-0.05, 0) is 6.42 Å². The maximum atomic E-state index is 5.32. The van der Waals surface area contributed by atoms with Crippen LogP contribution >= 0.6 is 0 Å². The molecule has 1 rings (SSSR count). The molecule has 96 valence electrons. The predicted molar refractivity (Wildman–Crippen MR) is 62.0 cm³/mol. The molecule has 0 aliphatic carbocycles. The fourth-order valence-corrected chi connectivity index (χ4v) is 1.13. The van der Waals surface area contributed by atoms with Crippen LogP contribution in [-0.4, -0.2) is 36.4 Å². The van der Waals surface area contributed by atoms with Gasteiger partial charge in [0.05, 0.1) is 0 Å². The van der Waals surface area contributed by atoms with Crippen molar-refractivity contribution in [3.05, 3.63) is 11.7 Å². The Morgan fingerprint density at radius 1 is 1.59 bits per heavy atom. The van der Waals surface area contributed by atoms with Crippen LogP contribution in [0.25, 0.3) is 0 Å². The van der Waals surface area contributed by atoms with Gasteiger partial charge in [-0.3, -0.25) is 5.43 Å². The Kier molecular flexibility index (Phi) is 5.97. The van der Waals surface area contributed by atoms with Crippen molar-refractivity contribution >= 4 is 5.96 Å². The molecule has 0 aliphatic heterocycles. The molecular weight excluding hydrogens is 224 g/mol. The molecule has 0 atom stereocenters. The number of hydrogen-bond acceptors (Lipinski definition) is 6. The minimum Gasteiger partial charge on any atom is -0.385 e. The molecule has 0 amide bonds. The van der Waals surface area contributed by atoms with Gasteiger partial charge in [0.1, 0.15) is 6.54 Å². The molecule has 0 aromatic carbocycles. The van der Waals surface area contributed by atoms with E-state index < -0.39 is 0 Å². The van der Waals surface area contributed by atoms with Crippen LogP contribution < -0.4 is 16.6 Å². The summed E-state index contributed by atoms with van der Waals surface area (Å²) >= 11 is 0. The number of aliphatic imine (C=N–C) groups is 1. The quantitative estimate of drug-likeness (QED) is 0.199. The summed E-state index contributed by atoms with van der Waals surface area (Å²) in [5, 5.41) is 6.75. The van der Waals surface area contributed by atoms with Crippen molar-refractivity contribution in [2.24, 2.45) is 10.8 Å². The highest BCUT2D eigenvalue weighted by atomic mass is 16.5. The average Bonchev–Trinajstić information content (AvgIpc) is 2.74. The van der Waals surface area contributed by atoms with Gasteiger partial charge in [0.25, 0.3) is 0 Å². The molecule has 0 saturated heterocycles. The van der Waals surface area contributed by atoms with Gasteiger partial charge in [-0.25, -0.2) is 10.8 Å². The number of rotatable bonds is 6. The number of hydrogen-bond donors (Lipinski definition) is 3. The zero-order valence-electron chi connectivity index (χ0n) is 10.1. The highest BCUT2D eigenvalue weighted by Crippen LogP contribution is 1.96. The van der Waals surface area contributed by atoms with Crippen molar-refractivity contribution in [2.75, 3.05) is 20.3 Å². The maximum absolute atomic E-state index is 5.32. The highest BCUT2D eigenvalue weighted by molar-refractivity contribution is 5.79. The monoisotopic (exact) mass is 242 g/mol. The molecule has 0 spiro atoms. The van der Waals surface area contributed by atoms with Gasteiger partial charge in [0.15, 0.2) is 5.82 Å². The van der Waals surface area contributed by atoms with Crippen molar-refractivity contribution in [1.82, 2.24) is 20.9 Å². The third kappa shape index (κ3) is 5.27. The Morgan fingerprint density at radius 3 is 3.00 bits per heavy atom. The summed E-state index contributed by atoms with van der Waals surface area (Å²) in [6.45, 7) is 3.45. The topological polar surface area (TPSA) is 111 Å². The van der Waals surface area contributed by atoms with E-state index in [0.29, 0.717) is 30.8 Å². The smallest absolute Gasteiger partial charge is 0.223 e. The number of aryl methyl sites for hydroxylation is 1. The summed E-state index contributed by atoms with van der Waals surface area (Å²) in [7, 11) is 1.66. The molecular formula is C9H18N6O2. The Hall–Kier alpha value is -1.67. The van der Waals surface area contributed by atoms with Gasteiger partial charge in [-0.15, -0.1) is 0 Å². The van der Waals surface area contributed by atoms with E-state index in [1.807, 2.05) is 0 Å². The van der Waals surface area contributed by atoms with E-state index in [1.54, 1.807) is 14.0 Å². The normalized spacial score (nSPS) is 11.6. The van der Waals surface area contributed by atoms with E-state index in [1.165, 1.54) is 0 Å². The Balaban J connectivity index is 2.33. The van der Waals surface area contributed by atoms with Crippen molar-refractivity contribution in [2.45, 2.75) is 19.9 Å². The first-order valence-electron chi connectivity index (χ1n) is 5.29. The number of guanidine groups is 1. The lowest BCUT2D eigenvalue weighted by molar-refractivity contribution is 0.195. The second-order valence-electron chi connectivity index (χ2n) is 3.31. The first-order chi connectivity index (χ1) is 8.26. The molecule has 8 nitrogen and oxygen atoms in total. The van der Waals surface area contributed by atoms with Crippen molar-refractivity contribution in [1.29, 1.82) is 0 Å². The first kappa shape index (κ1) is 13.4. The predicted octanol–water partition coefficient (Wildman–Crippen LogP) is -0.677. The number of nitrogens with zero attached hydrogens (tertiary/aromatic N) is 3. The molecule has 0 unspecified atom stereocenters. The lowest BCUT2D eigenvalue weighted by atomic mass is 10.4. The van der Waals surface area contributed by atoms with Crippen LogP contribution in [0.1, 0.15) is 18.1 Å². The van der Waals surface area contributed by atoms with Crippen molar-refractivity contribution < 1.29 is 9.26 Å². The second-order valence-corrected chi connectivity index (χ2v) is 3.31. The van der Waals surface area contributed by atoms with Crippen LogP contribution in [0.2, 0.25) is 0 Å². The number of nitrogens with one attached hydrogen (secondary N) is 2. The molecule has 1 aromatic rings. The van der Waals surface area contributed by atoms with Crippen molar-refractivity contribution in [3.63, 3.8) is 0 Å². The Morgan fingerprint density at radius 2 is 2.41 bits per heavy atom. The standard InChI is InChI=1S/C9H18N6O2/c1-7-13-8(15-17-7)6-12-9(14-10)11-4-3-5-16-2/h3-6,10H2,1-2H3,(H2,11,12,14). The lowest BCUT2D eigenvalue weighted by Gasteiger charge is -2.07. The molecule has 17 heavy (non-hydrogen) atoms. The van der Waals surface area contributed by atoms with Gasteiger partial charge in [-0.2, -0.15) is 4.98 Å². The fourth-order valence-electron chi connectivity index (χ4n) is 1.13. The van der Waals surface area contributed by atoms with E-state index in [9.17, 15) is 0 Å². The maximum Gasteiger partial charge on any atom is 0.223 e. The zero-order valence-corrected chi connectivity index (χ0v) is 10.1. The minimum absolute atomic E-state index is 0.314. The minimum atomic E-state index is 0.314. The van der Waals surface area contributed by atoms with Crippen molar-refractivity contribution in [3.8, 4) is 0 Å².